The molecule has 18 heavy (non-hydrogen) atoms. The summed E-state index contributed by atoms with van der Waals surface area (Å²) < 4.78 is 0.930. The highest BCUT2D eigenvalue weighted by Crippen LogP contribution is 2.22. The van der Waals surface area contributed by atoms with Crippen LogP contribution in [0.15, 0.2) is 22.7 Å². The predicted molar refractivity (Wildman–Crippen MR) is 73.2 cm³/mol. The molecule has 1 aliphatic rings. The molecule has 1 heterocycles. The lowest BCUT2D eigenvalue weighted by atomic mass is 10.0. The molecule has 0 N–H and O–H groups in total. The predicted octanol–water partition coefficient (Wildman–Crippen LogP) is 3.28. The molecule has 1 aliphatic heterocycles. The van der Waals surface area contributed by atoms with Crippen LogP contribution in [0.5, 0.6) is 0 Å². The van der Waals surface area contributed by atoms with Crippen molar-refractivity contribution in [3.8, 4) is 6.07 Å². The fourth-order valence-corrected chi connectivity index (χ4v) is 2.58. The molecule has 0 bridgehead atoms. The number of hydrogen-bond donors (Lipinski definition) is 0. The molecule has 2 rings (SSSR count). The Hall–Kier alpha value is -1.34. The van der Waals surface area contributed by atoms with Crippen LogP contribution in [0.4, 0.5) is 0 Å². The maximum atomic E-state index is 12.4. The van der Waals surface area contributed by atoms with Crippen LogP contribution in [0.1, 0.15) is 35.2 Å². The molecule has 1 amide bonds. The molecule has 1 saturated heterocycles. The zero-order chi connectivity index (χ0) is 13.1. The highest BCUT2D eigenvalue weighted by molar-refractivity contribution is 9.10. The second-order valence-corrected chi connectivity index (χ2v) is 5.46. The molecule has 0 spiro atoms. The average molecular weight is 307 g/mol. The largest absolute Gasteiger partial charge is 0.323 e. The lowest BCUT2D eigenvalue weighted by Gasteiger charge is -2.31. The number of benzene rings is 1. The van der Waals surface area contributed by atoms with Crippen LogP contribution in [-0.2, 0) is 0 Å². The lowest BCUT2D eigenvalue weighted by molar-refractivity contribution is 0.0670. The normalized spacial score (nSPS) is 19.4. The van der Waals surface area contributed by atoms with Crippen molar-refractivity contribution < 1.29 is 4.79 Å². The second kappa shape index (κ2) is 5.53. The molecule has 0 aliphatic carbocycles. The Labute approximate surface area is 116 Å². The molecule has 1 aromatic carbocycles. The van der Waals surface area contributed by atoms with Gasteiger partial charge in [-0.25, -0.2) is 0 Å². The number of aryl methyl sites for hydroxylation is 1. The van der Waals surface area contributed by atoms with Gasteiger partial charge in [0.15, 0.2) is 0 Å². The third kappa shape index (κ3) is 2.56. The van der Waals surface area contributed by atoms with Crippen molar-refractivity contribution in [2.45, 2.75) is 32.2 Å². The van der Waals surface area contributed by atoms with Crippen molar-refractivity contribution >= 4 is 21.8 Å². The summed E-state index contributed by atoms with van der Waals surface area (Å²) >= 11 is 3.43. The molecular formula is C14H15BrN2O. The Morgan fingerprint density at radius 1 is 1.50 bits per heavy atom. The maximum Gasteiger partial charge on any atom is 0.254 e. The number of halogens is 1. The number of hydrogen-bond acceptors (Lipinski definition) is 2. The van der Waals surface area contributed by atoms with Crippen molar-refractivity contribution in [2.24, 2.45) is 0 Å². The summed E-state index contributed by atoms with van der Waals surface area (Å²) in [7, 11) is 0. The third-order valence-corrected chi connectivity index (χ3v) is 4.19. The number of nitrogens with zero attached hydrogens (tertiary/aromatic N) is 2. The molecule has 0 aromatic heterocycles. The number of carbonyl (C=O) groups excluding carboxylic acids is 1. The topological polar surface area (TPSA) is 44.1 Å². The van der Waals surface area contributed by atoms with Gasteiger partial charge in [-0.1, -0.05) is 22.0 Å². The first-order valence-corrected chi connectivity index (χ1v) is 6.89. The van der Waals surface area contributed by atoms with Gasteiger partial charge < -0.3 is 4.90 Å². The highest BCUT2D eigenvalue weighted by atomic mass is 79.9. The van der Waals surface area contributed by atoms with Crippen LogP contribution >= 0.6 is 15.9 Å². The van der Waals surface area contributed by atoms with Crippen molar-refractivity contribution in [1.29, 1.82) is 5.26 Å². The van der Waals surface area contributed by atoms with E-state index >= 15 is 0 Å². The molecule has 94 valence electrons. The number of likely N-dealkylation sites (tertiary alicyclic amines) is 1. The summed E-state index contributed by atoms with van der Waals surface area (Å²) in [5.41, 5.74) is 1.75. The second-order valence-electron chi connectivity index (χ2n) is 4.60. The van der Waals surface area contributed by atoms with E-state index < -0.39 is 0 Å². The van der Waals surface area contributed by atoms with Crippen molar-refractivity contribution in [1.82, 2.24) is 4.90 Å². The standard InChI is InChI=1S/C14H15BrN2O/c1-10-5-6-11(8-13(10)15)14(18)17-7-3-2-4-12(17)9-16/h5-6,8,12H,2-4,7H2,1H3. The van der Waals surface area contributed by atoms with Gasteiger partial charge in [0.2, 0.25) is 0 Å². The molecule has 0 radical (unpaired) electrons. The fourth-order valence-electron chi connectivity index (χ4n) is 2.20. The molecule has 3 nitrogen and oxygen atoms in total. The molecule has 1 fully saturated rings. The van der Waals surface area contributed by atoms with Crippen LogP contribution in [0.2, 0.25) is 0 Å². The monoisotopic (exact) mass is 306 g/mol. The Bertz CT molecular complexity index is 507. The van der Waals surface area contributed by atoms with Gasteiger partial charge in [0.25, 0.3) is 5.91 Å². The van der Waals surface area contributed by atoms with Crippen molar-refractivity contribution in [3.63, 3.8) is 0 Å². The Morgan fingerprint density at radius 2 is 2.28 bits per heavy atom. The first-order valence-electron chi connectivity index (χ1n) is 6.10. The van der Waals surface area contributed by atoms with Crippen LogP contribution < -0.4 is 0 Å². The fraction of sp³-hybridized carbons (Fsp3) is 0.429. The molecule has 4 heteroatoms. The number of nitriles is 1. The number of rotatable bonds is 1. The smallest absolute Gasteiger partial charge is 0.254 e. The summed E-state index contributed by atoms with van der Waals surface area (Å²) in [6.07, 6.45) is 2.80. The minimum atomic E-state index is -0.272. The van der Waals surface area contributed by atoms with Gasteiger partial charge in [-0.05, 0) is 43.9 Å². The maximum absolute atomic E-state index is 12.4. The SMILES string of the molecule is Cc1ccc(C(=O)N2CCCCC2C#N)cc1Br. The first-order chi connectivity index (χ1) is 8.63. The summed E-state index contributed by atoms with van der Waals surface area (Å²) in [4.78, 5) is 14.1. The van der Waals surface area contributed by atoms with Crippen molar-refractivity contribution in [3.05, 3.63) is 33.8 Å². The van der Waals surface area contributed by atoms with Crippen LogP contribution in [0.25, 0.3) is 0 Å². The number of piperidine rings is 1. The number of amides is 1. The van der Waals surface area contributed by atoms with Gasteiger partial charge in [-0.15, -0.1) is 0 Å². The van der Waals surface area contributed by atoms with Gasteiger partial charge >= 0.3 is 0 Å². The summed E-state index contributed by atoms with van der Waals surface area (Å²) in [5.74, 6) is -0.0399. The highest BCUT2D eigenvalue weighted by Gasteiger charge is 2.27. The zero-order valence-corrected chi connectivity index (χ0v) is 11.9. The van der Waals surface area contributed by atoms with Gasteiger partial charge in [0.05, 0.1) is 6.07 Å². The molecule has 1 unspecified atom stereocenters. The molecule has 1 aromatic rings. The Kier molecular flexibility index (Phi) is 4.03. The Balaban J connectivity index is 2.24. The number of carbonyl (C=O) groups is 1. The molecule has 1 atom stereocenters. The van der Waals surface area contributed by atoms with E-state index in [-0.39, 0.29) is 11.9 Å². The van der Waals surface area contributed by atoms with Crippen LogP contribution in [0, 0.1) is 18.3 Å². The van der Waals surface area contributed by atoms with E-state index in [9.17, 15) is 4.79 Å². The van der Waals surface area contributed by atoms with Crippen LogP contribution in [-0.4, -0.2) is 23.4 Å². The van der Waals surface area contributed by atoms with E-state index in [1.165, 1.54) is 0 Å². The van der Waals surface area contributed by atoms with Crippen molar-refractivity contribution in [2.75, 3.05) is 6.54 Å². The minimum Gasteiger partial charge on any atom is -0.323 e. The Morgan fingerprint density at radius 3 is 2.94 bits per heavy atom. The van der Waals surface area contributed by atoms with Gasteiger partial charge in [0.1, 0.15) is 6.04 Å². The summed E-state index contributed by atoms with van der Waals surface area (Å²) in [6.45, 7) is 2.67. The molecule has 0 saturated carbocycles. The first kappa shape index (κ1) is 13.1. The van der Waals surface area contributed by atoms with Gasteiger partial charge in [-0.2, -0.15) is 5.26 Å². The van der Waals surface area contributed by atoms with E-state index in [1.807, 2.05) is 25.1 Å². The van der Waals surface area contributed by atoms with E-state index in [2.05, 4.69) is 22.0 Å². The average Bonchev–Trinajstić information content (AvgIpc) is 2.41. The quantitative estimate of drug-likeness (QED) is 0.799. The van der Waals surface area contributed by atoms with Crippen LogP contribution in [0.3, 0.4) is 0 Å². The van der Waals surface area contributed by atoms with E-state index in [0.717, 1.165) is 29.3 Å². The lowest BCUT2D eigenvalue weighted by Crippen LogP contribution is -2.42. The van der Waals surface area contributed by atoms with E-state index in [4.69, 9.17) is 5.26 Å². The van der Waals surface area contributed by atoms with Gasteiger partial charge in [-0.3, -0.25) is 4.79 Å². The van der Waals surface area contributed by atoms with Gasteiger partial charge in [0, 0.05) is 16.6 Å². The minimum absolute atomic E-state index is 0.0399. The summed E-state index contributed by atoms with van der Waals surface area (Å²) in [6, 6.07) is 7.53. The van der Waals surface area contributed by atoms with E-state index in [0.29, 0.717) is 12.1 Å². The zero-order valence-electron chi connectivity index (χ0n) is 10.3. The summed E-state index contributed by atoms with van der Waals surface area (Å²) in [5, 5.41) is 9.10. The third-order valence-electron chi connectivity index (χ3n) is 3.33. The molecular weight excluding hydrogens is 292 g/mol. The van der Waals surface area contributed by atoms with E-state index in [1.54, 1.807) is 4.90 Å².